The zero-order valence-corrected chi connectivity index (χ0v) is 18.7. The molecule has 6 nitrogen and oxygen atoms in total. The Kier molecular flexibility index (Phi) is 6.82. The fourth-order valence-electron chi connectivity index (χ4n) is 3.79. The van der Waals surface area contributed by atoms with E-state index < -0.39 is 0 Å². The van der Waals surface area contributed by atoms with Gasteiger partial charge in [0.25, 0.3) is 5.91 Å². The molecule has 0 radical (unpaired) electrons. The highest BCUT2D eigenvalue weighted by atomic mass is 35.5. The summed E-state index contributed by atoms with van der Waals surface area (Å²) >= 11 is 6.52. The second-order valence-electron chi connectivity index (χ2n) is 7.43. The zero-order valence-electron chi connectivity index (χ0n) is 18.0. The van der Waals surface area contributed by atoms with E-state index in [4.69, 9.17) is 26.3 Å². The molecule has 166 valence electrons. The number of ether oxygens (including phenoxy) is 2. The summed E-state index contributed by atoms with van der Waals surface area (Å²) in [5.41, 5.74) is 3.45. The average molecular weight is 460 g/mol. The number of hydrogen-bond acceptors (Lipinski definition) is 4. The number of benzene rings is 3. The van der Waals surface area contributed by atoms with Crippen molar-refractivity contribution in [1.29, 1.82) is 5.26 Å². The Morgan fingerprint density at radius 2 is 1.88 bits per heavy atom. The Balaban J connectivity index is 1.50. The maximum Gasteiger partial charge on any atom is 0.257 e. The number of fused-ring (bicyclic) bond motifs is 1. The summed E-state index contributed by atoms with van der Waals surface area (Å²) in [4.78, 5) is 15.9. The first kappa shape index (κ1) is 22.3. The number of nitrogens with zero attached hydrogens (tertiary/aromatic N) is 1. The summed E-state index contributed by atoms with van der Waals surface area (Å²) < 4.78 is 10.9. The van der Waals surface area contributed by atoms with Crippen LogP contribution in [0.15, 0.2) is 72.9 Å². The van der Waals surface area contributed by atoms with Crippen molar-refractivity contribution in [3.8, 4) is 17.6 Å². The minimum atomic E-state index is -0.279. The second-order valence-corrected chi connectivity index (χ2v) is 7.84. The van der Waals surface area contributed by atoms with Gasteiger partial charge < -0.3 is 19.8 Å². The van der Waals surface area contributed by atoms with Crippen molar-refractivity contribution in [2.45, 2.75) is 5.92 Å². The van der Waals surface area contributed by atoms with Crippen LogP contribution in [0.5, 0.6) is 11.5 Å². The van der Waals surface area contributed by atoms with Crippen LogP contribution in [0.25, 0.3) is 10.9 Å². The summed E-state index contributed by atoms with van der Waals surface area (Å²) in [7, 11) is 1.48. The Hall–Kier alpha value is -3.95. The molecule has 0 aliphatic heterocycles. The number of carbonyl (C=O) groups excluding carboxylic acids is 1. The third-order valence-corrected chi connectivity index (χ3v) is 5.78. The quantitative estimate of drug-likeness (QED) is 0.387. The lowest BCUT2D eigenvalue weighted by molar-refractivity contribution is -0.123. The summed E-state index contributed by atoms with van der Waals surface area (Å²) in [5.74, 6) is 0.363. The lowest BCUT2D eigenvalue weighted by Gasteiger charge is -2.19. The van der Waals surface area contributed by atoms with Gasteiger partial charge in [0.05, 0.1) is 18.7 Å². The Morgan fingerprint density at radius 3 is 2.67 bits per heavy atom. The SMILES string of the molecule is COc1cc(C#N)ccc1OCC(=O)NCC(c1ccccc1Cl)c1c[nH]c2ccccc12. The van der Waals surface area contributed by atoms with E-state index in [0.717, 1.165) is 22.0 Å². The number of nitriles is 1. The Bertz CT molecular complexity index is 1330. The van der Waals surface area contributed by atoms with Crippen LogP contribution in [-0.2, 0) is 4.79 Å². The molecule has 3 aromatic carbocycles. The molecular weight excluding hydrogens is 438 g/mol. The van der Waals surface area contributed by atoms with Crippen molar-refractivity contribution in [2.24, 2.45) is 0 Å². The first-order valence-electron chi connectivity index (χ1n) is 10.4. The minimum Gasteiger partial charge on any atom is -0.493 e. The van der Waals surface area contributed by atoms with Gasteiger partial charge in [0.15, 0.2) is 18.1 Å². The number of nitrogens with one attached hydrogen (secondary N) is 2. The van der Waals surface area contributed by atoms with Gasteiger partial charge in [-0.2, -0.15) is 5.26 Å². The number of para-hydroxylation sites is 1. The molecule has 1 amide bonds. The monoisotopic (exact) mass is 459 g/mol. The number of methoxy groups -OCH3 is 1. The molecule has 4 aromatic rings. The van der Waals surface area contributed by atoms with Crippen molar-refractivity contribution in [3.63, 3.8) is 0 Å². The smallest absolute Gasteiger partial charge is 0.257 e. The van der Waals surface area contributed by atoms with Crippen molar-refractivity contribution in [1.82, 2.24) is 10.3 Å². The minimum absolute atomic E-state index is 0.150. The van der Waals surface area contributed by atoms with Gasteiger partial charge >= 0.3 is 0 Å². The van der Waals surface area contributed by atoms with Crippen LogP contribution < -0.4 is 14.8 Å². The van der Waals surface area contributed by atoms with Gasteiger partial charge in [-0.15, -0.1) is 0 Å². The van der Waals surface area contributed by atoms with Crippen LogP contribution in [0.4, 0.5) is 0 Å². The molecule has 0 aliphatic carbocycles. The molecule has 0 spiro atoms. The summed E-state index contributed by atoms with van der Waals surface area (Å²) in [5, 5.41) is 13.7. The van der Waals surface area contributed by atoms with Crippen LogP contribution in [0, 0.1) is 11.3 Å². The molecule has 0 saturated heterocycles. The highest BCUT2D eigenvalue weighted by Crippen LogP contribution is 2.34. The molecule has 1 heterocycles. The number of aromatic nitrogens is 1. The fraction of sp³-hybridized carbons (Fsp3) is 0.154. The fourth-order valence-corrected chi connectivity index (χ4v) is 4.06. The molecule has 1 unspecified atom stereocenters. The van der Waals surface area contributed by atoms with Crippen LogP contribution in [0.2, 0.25) is 5.02 Å². The molecule has 1 aromatic heterocycles. The first-order valence-corrected chi connectivity index (χ1v) is 10.8. The van der Waals surface area contributed by atoms with E-state index in [0.29, 0.717) is 28.6 Å². The number of aromatic amines is 1. The number of halogens is 1. The molecule has 0 aliphatic rings. The predicted octanol–water partition coefficient (Wildman–Crippen LogP) is 5.03. The van der Waals surface area contributed by atoms with Gasteiger partial charge in [0.2, 0.25) is 0 Å². The summed E-state index contributed by atoms with van der Waals surface area (Å²) in [6.07, 6.45) is 1.96. The van der Waals surface area contributed by atoms with Crippen LogP contribution >= 0.6 is 11.6 Å². The van der Waals surface area contributed by atoms with E-state index in [2.05, 4.69) is 10.3 Å². The van der Waals surface area contributed by atoms with Gasteiger partial charge in [-0.25, -0.2) is 0 Å². The van der Waals surface area contributed by atoms with Gasteiger partial charge in [0, 0.05) is 40.7 Å². The Labute approximate surface area is 196 Å². The maximum absolute atomic E-state index is 12.6. The first-order chi connectivity index (χ1) is 16.1. The lowest BCUT2D eigenvalue weighted by atomic mass is 9.91. The van der Waals surface area contributed by atoms with Crippen LogP contribution in [0.1, 0.15) is 22.6 Å². The second kappa shape index (κ2) is 10.1. The molecule has 33 heavy (non-hydrogen) atoms. The Morgan fingerprint density at radius 1 is 1.09 bits per heavy atom. The van der Waals surface area contributed by atoms with E-state index in [1.165, 1.54) is 7.11 Å². The topological polar surface area (TPSA) is 87.1 Å². The number of amides is 1. The van der Waals surface area contributed by atoms with Gasteiger partial charge in [-0.05, 0) is 35.4 Å². The summed E-state index contributed by atoms with van der Waals surface area (Å²) in [6, 6.07) is 22.5. The van der Waals surface area contributed by atoms with E-state index in [1.807, 2.05) is 60.8 Å². The highest BCUT2D eigenvalue weighted by molar-refractivity contribution is 6.31. The molecule has 0 fully saturated rings. The van der Waals surface area contributed by atoms with E-state index in [9.17, 15) is 4.79 Å². The highest BCUT2D eigenvalue weighted by Gasteiger charge is 2.21. The zero-order chi connectivity index (χ0) is 23.2. The predicted molar refractivity (Wildman–Crippen MR) is 128 cm³/mol. The lowest BCUT2D eigenvalue weighted by Crippen LogP contribution is -2.33. The number of carbonyl (C=O) groups is 1. The largest absolute Gasteiger partial charge is 0.493 e. The molecule has 0 bridgehead atoms. The van der Waals surface area contributed by atoms with Crippen molar-refractivity contribution in [2.75, 3.05) is 20.3 Å². The molecule has 0 saturated carbocycles. The van der Waals surface area contributed by atoms with E-state index >= 15 is 0 Å². The number of rotatable bonds is 8. The van der Waals surface area contributed by atoms with E-state index in [-0.39, 0.29) is 18.4 Å². The van der Waals surface area contributed by atoms with Gasteiger partial charge in [0.1, 0.15) is 0 Å². The summed E-state index contributed by atoms with van der Waals surface area (Å²) in [6.45, 7) is 0.156. The number of H-pyrrole nitrogens is 1. The van der Waals surface area contributed by atoms with Crippen LogP contribution in [0.3, 0.4) is 0 Å². The third kappa shape index (κ3) is 4.94. The van der Waals surface area contributed by atoms with E-state index in [1.54, 1.807) is 18.2 Å². The molecule has 4 rings (SSSR count). The maximum atomic E-state index is 12.6. The molecule has 2 N–H and O–H groups in total. The standard InChI is InChI=1S/C26H22ClN3O3/c1-32-25-12-17(13-28)10-11-24(25)33-16-26(31)30-15-20(18-6-2-4-8-22(18)27)21-14-29-23-9-5-3-7-19(21)23/h2-12,14,20,29H,15-16H2,1H3,(H,30,31). The van der Waals surface area contributed by atoms with Crippen molar-refractivity contribution < 1.29 is 14.3 Å². The molecule has 7 heteroatoms. The normalized spacial score (nSPS) is 11.5. The number of hydrogen-bond donors (Lipinski definition) is 2. The van der Waals surface area contributed by atoms with Crippen molar-refractivity contribution >= 4 is 28.4 Å². The average Bonchev–Trinajstić information content (AvgIpc) is 3.28. The van der Waals surface area contributed by atoms with Gasteiger partial charge in [-0.1, -0.05) is 48.0 Å². The molecule has 1 atom stereocenters. The van der Waals surface area contributed by atoms with Crippen molar-refractivity contribution in [3.05, 3.63) is 94.6 Å². The van der Waals surface area contributed by atoms with Gasteiger partial charge in [-0.3, -0.25) is 4.79 Å². The third-order valence-electron chi connectivity index (χ3n) is 5.43. The molecular formula is C26H22ClN3O3. The van der Waals surface area contributed by atoms with Crippen LogP contribution in [-0.4, -0.2) is 31.2 Å².